The minimum absolute atomic E-state index is 0. The second kappa shape index (κ2) is 8.31. The number of nitrogens with one attached hydrogen (secondary N) is 3. The Labute approximate surface area is 144 Å². The van der Waals surface area contributed by atoms with Crippen molar-refractivity contribution in [1.82, 2.24) is 10.6 Å². The highest BCUT2D eigenvalue weighted by Gasteiger charge is 2.21. The molecule has 0 unspecified atom stereocenters. The van der Waals surface area contributed by atoms with Gasteiger partial charge in [0.25, 0.3) is 5.91 Å². The zero-order valence-electron chi connectivity index (χ0n) is 13.9. The van der Waals surface area contributed by atoms with Crippen LogP contribution in [-0.4, -0.2) is 30.4 Å². The summed E-state index contributed by atoms with van der Waals surface area (Å²) in [7, 11) is 0. The standard InChI is InChI=1S/C17H25N3O2.ClH/c1-17(2,3)20-16(22)13-6-4-5-7-14(13)19-15(21)11-18-10-12-8-9-12;/h4-7,12,18H,8-11H2,1-3H3,(H,19,21)(H,20,22);1H. The van der Waals surface area contributed by atoms with Crippen molar-refractivity contribution >= 4 is 29.9 Å². The fraction of sp³-hybridized carbons (Fsp3) is 0.529. The lowest BCUT2D eigenvalue weighted by Gasteiger charge is -2.21. The molecule has 128 valence electrons. The van der Waals surface area contributed by atoms with E-state index in [2.05, 4.69) is 16.0 Å². The topological polar surface area (TPSA) is 70.2 Å². The second-order valence-electron chi connectivity index (χ2n) is 6.87. The number of anilines is 1. The van der Waals surface area contributed by atoms with Crippen molar-refractivity contribution in [2.75, 3.05) is 18.4 Å². The Morgan fingerprint density at radius 2 is 1.83 bits per heavy atom. The minimum atomic E-state index is -0.319. The smallest absolute Gasteiger partial charge is 0.253 e. The quantitative estimate of drug-likeness (QED) is 0.746. The van der Waals surface area contributed by atoms with Crippen molar-refractivity contribution in [3.05, 3.63) is 29.8 Å². The third kappa shape index (κ3) is 7.01. The number of benzene rings is 1. The van der Waals surface area contributed by atoms with E-state index < -0.39 is 0 Å². The number of carbonyl (C=O) groups excluding carboxylic acids is 2. The molecule has 0 aromatic heterocycles. The van der Waals surface area contributed by atoms with Gasteiger partial charge >= 0.3 is 0 Å². The molecule has 1 aliphatic carbocycles. The number of hydrogen-bond donors (Lipinski definition) is 3. The molecule has 1 aliphatic rings. The first-order chi connectivity index (χ1) is 10.3. The summed E-state index contributed by atoms with van der Waals surface area (Å²) in [5.41, 5.74) is 0.704. The summed E-state index contributed by atoms with van der Waals surface area (Å²) < 4.78 is 0. The van der Waals surface area contributed by atoms with E-state index in [4.69, 9.17) is 0 Å². The molecule has 2 amide bonds. The lowest BCUT2D eigenvalue weighted by molar-refractivity contribution is -0.115. The van der Waals surface area contributed by atoms with Gasteiger partial charge in [-0.3, -0.25) is 9.59 Å². The number of rotatable bonds is 6. The summed E-state index contributed by atoms with van der Waals surface area (Å²) in [4.78, 5) is 24.3. The highest BCUT2D eigenvalue weighted by atomic mass is 35.5. The van der Waals surface area contributed by atoms with Crippen LogP contribution in [0, 0.1) is 5.92 Å². The van der Waals surface area contributed by atoms with Crippen LogP contribution in [0.5, 0.6) is 0 Å². The average molecular weight is 340 g/mol. The van der Waals surface area contributed by atoms with E-state index in [-0.39, 0.29) is 36.3 Å². The van der Waals surface area contributed by atoms with Crippen molar-refractivity contribution in [3.63, 3.8) is 0 Å². The van der Waals surface area contributed by atoms with Gasteiger partial charge in [-0.1, -0.05) is 12.1 Å². The molecule has 0 bridgehead atoms. The highest BCUT2D eigenvalue weighted by Crippen LogP contribution is 2.27. The van der Waals surface area contributed by atoms with Gasteiger partial charge in [-0.15, -0.1) is 12.4 Å². The van der Waals surface area contributed by atoms with E-state index in [0.717, 1.165) is 12.5 Å². The van der Waals surface area contributed by atoms with Crippen LogP contribution < -0.4 is 16.0 Å². The maximum Gasteiger partial charge on any atom is 0.253 e. The van der Waals surface area contributed by atoms with Gasteiger partial charge in [0.2, 0.25) is 5.91 Å². The molecule has 5 nitrogen and oxygen atoms in total. The van der Waals surface area contributed by atoms with Crippen molar-refractivity contribution in [2.24, 2.45) is 5.92 Å². The fourth-order valence-electron chi connectivity index (χ4n) is 2.10. The van der Waals surface area contributed by atoms with Gasteiger partial charge < -0.3 is 16.0 Å². The first-order valence-electron chi connectivity index (χ1n) is 7.77. The molecule has 23 heavy (non-hydrogen) atoms. The van der Waals surface area contributed by atoms with Gasteiger partial charge in [0.15, 0.2) is 0 Å². The molecule has 1 fully saturated rings. The van der Waals surface area contributed by atoms with Gasteiger partial charge in [0, 0.05) is 5.54 Å². The first-order valence-corrected chi connectivity index (χ1v) is 7.77. The van der Waals surface area contributed by atoms with Crippen LogP contribution in [-0.2, 0) is 4.79 Å². The lowest BCUT2D eigenvalue weighted by Crippen LogP contribution is -2.41. The second-order valence-corrected chi connectivity index (χ2v) is 6.87. The largest absolute Gasteiger partial charge is 0.347 e. The molecule has 0 heterocycles. The van der Waals surface area contributed by atoms with Crippen molar-refractivity contribution in [2.45, 2.75) is 39.2 Å². The van der Waals surface area contributed by atoms with Crippen LogP contribution in [0.3, 0.4) is 0 Å². The number of amides is 2. The molecule has 1 saturated carbocycles. The monoisotopic (exact) mass is 339 g/mol. The zero-order valence-corrected chi connectivity index (χ0v) is 14.8. The fourth-order valence-corrected chi connectivity index (χ4v) is 2.10. The van der Waals surface area contributed by atoms with Crippen molar-refractivity contribution in [3.8, 4) is 0 Å². The van der Waals surface area contributed by atoms with Crippen LogP contribution in [0.1, 0.15) is 44.0 Å². The molecule has 1 aromatic carbocycles. The van der Waals surface area contributed by atoms with E-state index in [1.54, 1.807) is 24.3 Å². The van der Waals surface area contributed by atoms with Gasteiger partial charge in [-0.25, -0.2) is 0 Å². The summed E-state index contributed by atoms with van der Waals surface area (Å²) >= 11 is 0. The predicted molar refractivity (Wildman–Crippen MR) is 95.1 cm³/mol. The number of hydrogen-bond acceptors (Lipinski definition) is 3. The van der Waals surface area contributed by atoms with Crippen LogP contribution in [0.4, 0.5) is 5.69 Å². The minimum Gasteiger partial charge on any atom is -0.347 e. The third-order valence-corrected chi connectivity index (χ3v) is 3.35. The Morgan fingerprint density at radius 1 is 1.17 bits per heavy atom. The highest BCUT2D eigenvalue weighted by molar-refractivity contribution is 6.04. The third-order valence-electron chi connectivity index (χ3n) is 3.35. The van der Waals surface area contributed by atoms with Crippen LogP contribution >= 0.6 is 12.4 Å². The molecular weight excluding hydrogens is 314 g/mol. The average Bonchev–Trinajstić information content (AvgIpc) is 3.21. The maximum atomic E-state index is 12.3. The summed E-state index contributed by atoms with van der Waals surface area (Å²) in [5, 5.41) is 8.86. The van der Waals surface area contributed by atoms with Crippen molar-refractivity contribution in [1.29, 1.82) is 0 Å². The molecule has 0 saturated heterocycles. The molecule has 0 radical (unpaired) electrons. The molecule has 0 aliphatic heterocycles. The van der Waals surface area contributed by atoms with E-state index in [0.29, 0.717) is 11.3 Å². The first kappa shape index (κ1) is 19.5. The van der Waals surface area contributed by atoms with Crippen LogP contribution in [0.25, 0.3) is 0 Å². The van der Waals surface area contributed by atoms with Gasteiger partial charge in [-0.05, 0) is 58.2 Å². The Morgan fingerprint density at radius 3 is 2.43 bits per heavy atom. The molecule has 0 spiro atoms. The SMILES string of the molecule is CC(C)(C)NC(=O)c1ccccc1NC(=O)CNCC1CC1.Cl. The molecular formula is C17H26ClN3O2. The Hall–Kier alpha value is -1.59. The van der Waals surface area contributed by atoms with E-state index >= 15 is 0 Å². The molecule has 6 heteroatoms. The number of para-hydroxylation sites is 1. The molecule has 1 aromatic rings. The summed E-state index contributed by atoms with van der Waals surface area (Å²) in [5.74, 6) is 0.420. The summed E-state index contributed by atoms with van der Waals surface area (Å²) in [6.07, 6.45) is 2.51. The summed E-state index contributed by atoms with van der Waals surface area (Å²) in [6.45, 7) is 6.93. The van der Waals surface area contributed by atoms with E-state index in [1.165, 1.54) is 12.8 Å². The van der Waals surface area contributed by atoms with Crippen molar-refractivity contribution < 1.29 is 9.59 Å². The Bertz CT molecular complexity index is 551. The zero-order chi connectivity index (χ0) is 16.2. The van der Waals surface area contributed by atoms with Crippen LogP contribution in [0.15, 0.2) is 24.3 Å². The Kier molecular flexibility index (Phi) is 7.03. The summed E-state index contributed by atoms with van der Waals surface area (Å²) in [6, 6.07) is 7.06. The van der Waals surface area contributed by atoms with E-state index in [9.17, 15) is 9.59 Å². The maximum absolute atomic E-state index is 12.3. The normalized spacial score (nSPS) is 13.9. The predicted octanol–water partition coefficient (Wildman–Crippen LogP) is 2.57. The molecule has 3 N–H and O–H groups in total. The number of halogens is 1. The van der Waals surface area contributed by atoms with E-state index in [1.807, 2.05) is 20.8 Å². The molecule has 2 rings (SSSR count). The lowest BCUT2D eigenvalue weighted by atomic mass is 10.1. The number of carbonyl (C=O) groups is 2. The Balaban J connectivity index is 0.00000264. The van der Waals surface area contributed by atoms with Crippen LogP contribution in [0.2, 0.25) is 0 Å². The van der Waals surface area contributed by atoms with Gasteiger partial charge in [0.1, 0.15) is 0 Å². The molecule has 0 atom stereocenters. The van der Waals surface area contributed by atoms with Gasteiger partial charge in [0.05, 0.1) is 17.8 Å². The van der Waals surface area contributed by atoms with Gasteiger partial charge in [-0.2, -0.15) is 0 Å².